The Morgan fingerprint density at radius 2 is 2.04 bits per heavy atom. The van der Waals surface area contributed by atoms with Gasteiger partial charge in [-0.05, 0) is 33.3 Å². The van der Waals surface area contributed by atoms with Crippen molar-refractivity contribution in [2.24, 2.45) is 7.05 Å². The van der Waals surface area contributed by atoms with Gasteiger partial charge in [-0.1, -0.05) is 11.8 Å². The number of hydrogen-bond donors (Lipinski definition) is 2. The number of aryl methyl sites for hydroxylation is 2. The van der Waals surface area contributed by atoms with Crippen LogP contribution in [0.15, 0.2) is 9.95 Å². The smallest absolute Gasteiger partial charge is 0.321 e. The minimum absolute atomic E-state index is 0.124. The van der Waals surface area contributed by atoms with Crippen molar-refractivity contribution < 1.29 is 9.59 Å². The first-order valence-electron chi connectivity index (χ1n) is 7.48. The van der Waals surface area contributed by atoms with E-state index in [1.807, 2.05) is 13.8 Å². The third-order valence-electron chi connectivity index (χ3n) is 3.59. The van der Waals surface area contributed by atoms with Crippen LogP contribution in [0.1, 0.15) is 24.3 Å². The standard InChI is InChI=1S/C15H20N4O3S2/c1-6-16-14(22)17-11(20)9(4)24-15-18-12-10(13(21)19(15)5)7(2)8(3)23-12/h9H,6H2,1-5H3,(H2,16,17,20,22)/t9-/m0/s1. The van der Waals surface area contributed by atoms with Crippen LogP contribution in [0.2, 0.25) is 0 Å². The summed E-state index contributed by atoms with van der Waals surface area (Å²) in [7, 11) is 1.64. The van der Waals surface area contributed by atoms with Crippen molar-refractivity contribution in [2.45, 2.75) is 38.1 Å². The lowest BCUT2D eigenvalue weighted by Gasteiger charge is -2.13. The van der Waals surface area contributed by atoms with Crippen LogP contribution in [0.3, 0.4) is 0 Å². The van der Waals surface area contributed by atoms with Crippen LogP contribution in [-0.4, -0.2) is 33.3 Å². The molecule has 2 aromatic rings. The van der Waals surface area contributed by atoms with E-state index in [1.54, 1.807) is 20.9 Å². The number of aromatic nitrogens is 2. The van der Waals surface area contributed by atoms with E-state index < -0.39 is 17.2 Å². The first-order chi connectivity index (χ1) is 11.3. The summed E-state index contributed by atoms with van der Waals surface area (Å²) in [6, 6.07) is -0.531. The van der Waals surface area contributed by atoms with Gasteiger partial charge in [-0.15, -0.1) is 11.3 Å². The average Bonchev–Trinajstić information content (AvgIpc) is 2.79. The molecule has 0 saturated carbocycles. The van der Waals surface area contributed by atoms with Crippen molar-refractivity contribution in [3.8, 4) is 0 Å². The van der Waals surface area contributed by atoms with Gasteiger partial charge in [0.15, 0.2) is 5.16 Å². The van der Waals surface area contributed by atoms with Crippen LogP contribution in [0.4, 0.5) is 4.79 Å². The zero-order chi connectivity index (χ0) is 18.0. The van der Waals surface area contributed by atoms with E-state index in [0.29, 0.717) is 21.9 Å². The summed E-state index contributed by atoms with van der Waals surface area (Å²) in [6.07, 6.45) is 0. The molecule has 3 amide bonds. The summed E-state index contributed by atoms with van der Waals surface area (Å²) in [6.45, 7) is 7.73. The predicted molar refractivity (Wildman–Crippen MR) is 96.9 cm³/mol. The van der Waals surface area contributed by atoms with Gasteiger partial charge in [0.1, 0.15) is 4.83 Å². The number of imide groups is 1. The Labute approximate surface area is 147 Å². The molecule has 0 fully saturated rings. The number of thiophene rings is 1. The summed E-state index contributed by atoms with van der Waals surface area (Å²) >= 11 is 2.62. The van der Waals surface area contributed by atoms with Crippen molar-refractivity contribution in [2.75, 3.05) is 6.54 Å². The molecule has 7 nitrogen and oxygen atoms in total. The van der Waals surface area contributed by atoms with E-state index in [1.165, 1.54) is 15.9 Å². The number of urea groups is 1. The van der Waals surface area contributed by atoms with Crippen molar-refractivity contribution >= 4 is 45.3 Å². The van der Waals surface area contributed by atoms with Crippen molar-refractivity contribution in [3.05, 3.63) is 20.8 Å². The number of amides is 3. The number of nitrogens with one attached hydrogen (secondary N) is 2. The predicted octanol–water partition coefficient (Wildman–Crippen LogP) is 1.94. The van der Waals surface area contributed by atoms with Gasteiger partial charge in [-0.2, -0.15) is 0 Å². The van der Waals surface area contributed by atoms with Gasteiger partial charge in [-0.25, -0.2) is 9.78 Å². The molecule has 0 radical (unpaired) electrons. The summed E-state index contributed by atoms with van der Waals surface area (Å²) in [5.74, 6) is -0.432. The highest BCUT2D eigenvalue weighted by Gasteiger charge is 2.21. The SMILES string of the molecule is CCNC(=O)NC(=O)[C@H](C)Sc1nc2sc(C)c(C)c2c(=O)n1C. The average molecular weight is 368 g/mol. The van der Waals surface area contributed by atoms with Crippen LogP contribution in [0.5, 0.6) is 0 Å². The number of nitrogens with zero attached hydrogens (tertiary/aromatic N) is 2. The molecule has 1 atom stereocenters. The van der Waals surface area contributed by atoms with Gasteiger partial charge in [0.05, 0.1) is 10.6 Å². The molecule has 0 aliphatic rings. The highest BCUT2D eigenvalue weighted by atomic mass is 32.2. The van der Waals surface area contributed by atoms with Crippen LogP contribution in [0.25, 0.3) is 10.2 Å². The zero-order valence-electron chi connectivity index (χ0n) is 14.2. The van der Waals surface area contributed by atoms with E-state index in [-0.39, 0.29) is 5.56 Å². The molecule has 0 aliphatic carbocycles. The summed E-state index contributed by atoms with van der Waals surface area (Å²) in [4.78, 5) is 42.3. The van der Waals surface area contributed by atoms with E-state index in [0.717, 1.165) is 22.2 Å². The van der Waals surface area contributed by atoms with Crippen LogP contribution >= 0.6 is 23.1 Å². The monoisotopic (exact) mass is 368 g/mol. The van der Waals surface area contributed by atoms with E-state index in [9.17, 15) is 14.4 Å². The molecular formula is C15H20N4O3S2. The zero-order valence-corrected chi connectivity index (χ0v) is 15.9. The number of carbonyl (C=O) groups is 2. The fourth-order valence-electron chi connectivity index (χ4n) is 2.09. The fourth-order valence-corrected chi connectivity index (χ4v) is 4.04. The van der Waals surface area contributed by atoms with Crippen LogP contribution in [-0.2, 0) is 11.8 Å². The lowest BCUT2D eigenvalue weighted by molar-refractivity contribution is -0.119. The summed E-state index contributed by atoms with van der Waals surface area (Å²) < 4.78 is 1.45. The Morgan fingerprint density at radius 1 is 1.38 bits per heavy atom. The first kappa shape index (κ1) is 18.5. The number of hydrogen-bond acceptors (Lipinski definition) is 6. The molecule has 2 N–H and O–H groups in total. The molecule has 0 unspecified atom stereocenters. The number of thioether (sulfide) groups is 1. The maximum Gasteiger partial charge on any atom is 0.321 e. The van der Waals surface area contributed by atoms with Gasteiger partial charge in [0.2, 0.25) is 5.91 Å². The number of rotatable bonds is 4. The first-order valence-corrected chi connectivity index (χ1v) is 9.17. The molecule has 24 heavy (non-hydrogen) atoms. The maximum absolute atomic E-state index is 12.5. The van der Waals surface area contributed by atoms with Gasteiger partial charge >= 0.3 is 6.03 Å². The quantitative estimate of drug-likeness (QED) is 0.635. The second-order valence-corrected chi connectivity index (χ2v) is 7.84. The summed E-state index contributed by atoms with van der Waals surface area (Å²) in [5.41, 5.74) is 0.822. The van der Waals surface area contributed by atoms with E-state index in [2.05, 4.69) is 15.6 Å². The number of fused-ring (bicyclic) bond motifs is 1. The lowest BCUT2D eigenvalue weighted by Crippen LogP contribution is -2.42. The van der Waals surface area contributed by atoms with Crippen molar-refractivity contribution in [1.82, 2.24) is 20.2 Å². The molecule has 2 heterocycles. The van der Waals surface area contributed by atoms with Crippen molar-refractivity contribution in [1.29, 1.82) is 0 Å². The highest BCUT2D eigenvalue weighted by molar-refractivity contribution is 8.00. The minimum atomic E-state index is -0.565. The second-order valence-electron chi connectivity index (χ2n) is 5.33. The normalized spacial score (nSPS) is 12.2. The Kier molecular flexibility index (Phi) is 5.66. The molecule has 9 heteroatoms. The summed E-state index contributed by atoms with van der Waals surface area (Å²) in [5, 5.41) is 5.28. The molecule has 0 aliphatic heterocycles. The second kappa shape index (κ2) is 7.35. The van der Waals surface area contributed by atoms with Gasteiger partial charge in [0, 0.05) is 18.5 Å². The van der Waals surface area contributed by atoms with Gasteiger partial charge in [0.25, 0.3) is 5.56 Å². The lowest BCUT2D eigenvalue weighted by atomic mass is 10.2. The third-order valence-corrected chi connectivity index (χ3v) is 5.84. The molecular weight excluding hydrogens is 348 g/mol. The van der Waals surface area contributed by atoms with E-state index >= 15 is 0 Å². The Bertz CT molecular complexity index is 857. The Morgan fingerprint density at radius 3 is 2.67 bits per heavy atom. The van der Waals surface area contributed by atoms with E-state index in [4.69, 9.17) is 0 Å². The van der Waals surface area contributed by atoms with Gasteiger partial charge < -0.3 is 5.32 Å². The molecule has 0 spiro atoms. The third kappa shape index (κ3) is 3.62. The molecule has 2 aromatic heterocycles. The Balaban J connectivity index is 2.27. The highest BCUT2D eigenvalue weighted by Crippen LogP contribution is 2.29. The molecule has 0 saturated heterocycles. The number of carbonyl (C=O) groups excluding carboxylic acids is 2. The Hall–Kier alpha value is -1.87. The molecule has 0 aromatic carbocycles. The van der Waals surface area contributed by atoms with Crippen molar-refractivity contribution in [3.63, 3.8) is 0 Å². The molecule has 130 valence electrons. The molecule has 2 rings (SSSR count). The fraction of sp³-hybridized carbons (Fsp3) is 0.467. The van der Waals surface area contributed by atoms with Crippen LogP contribution in [0, 0.1) is 13.8 Å². The van der Waals surface area contributed by atoms with Crippen LogP contribution < -0.4 is 16.2 Å². The molecule has 0 bridgehead atoms. The maximum atomic E-state index is 12.5. The van der Waals surface area contributed by atoms with Gasteiger partial charge in [-0.3, -0.25) is 19.5 Å². The largest absolute Gasteiger partial charge is 0.338 e. The topological polar surface area (TPSA) is 93.1 Å². The minimum Gasteiger partial charge on any atom is -0.338 e.